The van der Waals surface area contributed by atoms with Crippen LogP contribution in [0.3, 0.4) is 0 Å². The Morgan fingerprint density at radius 2 is 2.17 bits per heavy atom. The minimum Gasteiger partial charge on any atom is -0.480 e. The van der Waals surface area contributed by atoms with E-state index in [4.69, 9.17) is 5.11 Å². The molecule has 5 heteroatoms. The van der Waals surface area contributed by atoms with Gasteiger partial charge < -0.3 is 15.2 Å². The van der Waals surface area contributed by atoms with Gasteiger partial charge in [-0.3, -0.25) is 9.69 Å². The third-order valence-electron chi connectivity index (χ3n) is 3.04. The molecular weight excluding hydrogens is 232 g/mol. The molecule has 0 aliphatic carbocycles. The van der Waals surface area contributed by atoms with E-state index in [2.05, 4.69) is 4.98 Å². The van der Waals surface area contributed by atoms with Crippen LogP contribution in [0.25, 0.3) is 10.9 Å². The summed E-state index contributed by atoms with van der Waals surface area (Å²) in [5.41, 5.74) is 1.63. The van der Waals surface area contributed by atoms with Crippen LogP contribution in [-0.4, -0.2) is 46.3 Å². The minimum absolute atomic E-state index is 0.0668. The molecule has 0 spiro atoms. The van der Waals surface area contributed by atoms with Crippen molar-refractivity contribution < 1.29 is 15.0 Å². The molecule has 1 unspecified atom stereocenters. The monoisotopic (exact) mass is 248 g/mol. The Morgan fingerprint density at radius 3 is 2.83 bits per heavy atom. The lowest BCUT2D eigenvalue weighted by Gasteiger charge is -2.23. The van der Waals surface area contributed by atoms with Crippen molar-refractivity contribution in [3.63, 3.8) is 0 Å². The third-order valence-corrected chi connectivity index (χ3v) is 3.04. The van der Waals surface area contributed by atoms with Crippen LogP contribution in [0.4, 0.5) is 0 Å². The maximum Gasteiger partial charge on any atom is 0.325 e. The number of fused-ring (bicyclic) bond motifs is 1. The molecule has 2 aromatic rings. The molecular formula is C13H16N2O3. The second-order valence-corrected chi connectivity index (χ2v) is 4.23. The van der Waals surface area contributed by atoms with Crippen LogP contribution in [0.2, 0.25) is 0 Å². The Hall–Kier alpha value is -1.85. The summed E-state index contributed by atoms with van der Waals surface area (Å²) in [5, 5.41) is 19.2. The first kappa shape index (κ1) is 12.6. The van der Waals surface area contributed by atoms with Gasteiger partial charge in [-0.15, -0.1) is 0 Å². The highest BCUT2D eigenvalue weighted by Gasteiger charge is 2.26. The molecule has 96 valence electrons. The Balaban J connectivity index is 2.45. The highest BCUT2D eigenvalue weighted by atomic mass is 16.4. The fourth-order valence-corrected chi connectivity index (χ4v) is 2.17. The number of nitrogens with zero attached hydrogens (tertiary/aromatic N) is 1. The molecule has 0 amide bonds. The van der Waals surface area contributed by atoms with E-state index in [1.807, 2.05) is 24.3 Å². The number of aliphatic carboxylic acids is 1. The summed E-state index contributed by atoms with van der Waals surface area (Å²) < 4.78 is 0. The number of para-hydroxylation sites is 1. The largest absolute Gasteiger partial charge is 0.480 e. The van der Waals surface area contributed by atoms with Gasteiger partial charge in [0, 0.05) is 29.2 Å². The summed E-state index contributed by atoms with van der Waals surface area (Å²) in [6.45, 7) is 0.249. The smallest absolute Gasteiger partial charge is 0.325 e. The highest BCUT2D eigenvalue weighted by molar-refractivity contribution is 5.89. The van der Waals surface area contributed by atoms with Crippen molar-refractivity contribution in [3.8, 4) is 0 Å². The summed E-state index contributed by atoms with van der Waals surface area (Å²) in [4.78, 5) is 16.1. The number of hydrogen-bond donors (Lipinski definition) is 3. The number of rotatable bonds is 5. The molecule has 3 N–H and O–H groups in total. The zero-order chi connectivity index (χ0) is 13.1. The highest BCUT2D eigenvalue weighted by Crippen LogP contribution is 2.27. The van der Waals surface area contributed by atoms with Crippen molar-refractivity contribution in [2.45, 2.75) is 6.04 Å². The quantitative estimate of drug-likeness (QED) is 0.743. The van der Waals surface area contributed by atoms with E-state index in [0.29, 0.717) is 12.1 Å². The standard InChI is InChI=1S/C13H16N2O3/c1-15(6-7-16)12(13(17)18)10-8-14-11-5-3-2-4-9(10)11/h2-5,8,12,14,16H,6-7H2,1H3,(H,17,18). The van der Waals surface area contributed by atoms with Crippen LogP contribution in [0.15, 0.2) is 30.5 Å². The molecule has 1 aromatic heterocycles. The van der Waals surface area contributed by atoms with Crippen LogP contribution in [0, 0.1) is 0 Å². The van der Waals surface area contributed by atoms with Crippen LogP contribution in [0.5, 0.6) is 0 Å². The number of benzene rings is 1. The summed E-state index contributed by atoms with van der Waals surface area (Å²) in [6, 6.07) is 6.82. The Bertz CT molecular complexity index is 550. The van der Waals surface area contributed by atoms with Crippen molar-refractivity contribution >= 4 is 16.9 Å². The van der Waals surface area contributed by atoms with Crippen LogP contribution < -0.4 is 0 Å². The normalized spacial score (nSPS) is 13.1. The molecule has 1 atom stereocenters. The number of hydrogen-bond acceptors (Lipinski definition) is 3. The molecule has 18 heavy (non-hydrogen) atoms. The average molecular weight is 248 g/mol. The summed E-state index contributed by atoms with van der Waals surface area (Å²) in [6.07, 6.45) is 1.72. The lowest BCUT2D eigenvalue weighted by Crippen LogP contribution is -2.32. The van der Waals surface area contributed by atoms with E-state index in [-0.39, 0.29) is 6.61 Å². The van der Waals surface area contributed by atoms with Gasteiger partial charge in [0.1, 0.15) is 6.04 Å². The van der Waals surface area contributed by atoms with Gasteiger partial charge in [-0.05, 0) is 13.1 Å². The zero-order valence-electron chi connectivity index (χ0n) is 10.1. The molecule has 0 saturated carbocycles. The summed E-state index contributed by atoms with van der Waals surface area (Å²) in [5.74, 6) is -0.921. The molecule has 0 aliphatic rings. The van der Waals surface area contributed by atoms with Gasteiger partial charge in [0.05, 0.1) is 6.61 Å². The van der Waals surface area contributed by atoms with Crippen molar-refractivity contribution in [1.29, 1.82) is 0 Å². The molecule has 1 aromatic carbocycles. The number of carboxylic acids is 1. The van der Waals surface area contributed by atoms with E-state index >= 15 is 0 Å². The number of nitrogens with one attached hydrogen (secondary N) is 1. The number of H-pyrrole nitrogens is 1. The van der Waals surface area contributed by atoms with Crippen LogP contribution in [0.1, 0.15) is 11.6 Å². The lowest BCUT2D eigenvalue weighted by molar-refractivity contribution is -0.143. The van der Waals surface area contributed by atoms with E-state index < -0.39 is 12.0 Å². The molecule has 0 saturated heterocycles. The number of aliphatic hydroxyl groups is 1. The second-order valence-electron chi connectivity index (χ2n) is 4.23. The maximum atomic E-state index is 11.4. The Morgan fingerprint density at radius 1 is 1.44 bits per heavy atom. The Labute approximate surface area is 105 Å². The fourth-order valence-electron chi connectivity index (χ4n) is 2.17. The first-order valence-electron chi connectivity index (χ1n) is 5.75. The van der Waals surface area contributed by atoms with Crippen LogP contribution in [-0.2, 0) is 4.79 Å². The molecule has 0 fully saturated rings. The number of carboxylic acid groups (broad SMARTS) is 1. The number of aliphatic hydroxyl groups excluding tert-OH is 1. The van der Waals surface area contributed by atoms with Crippen molar-refractivity contribution in [2.24, 2.45) is 0 Å². The van der Waals surface area contributed by atoms with Crippen molar-refractivity contribution in [2.75, 3.05) is 20.2 Å². The van der Waals surface area contributed by atoms with E-state index in [0.717, 1.165) is 10.9 Å². The fraction of sp³-hybridized carbons (Fsp3) is 0.308. The Kier molecular flexibility index (Phi) is 3.64. The predicted molar refractivity (Wildman–Crippen MR) is 68.4 cm³/mol. The number of carbonyl (C=O) groups is 1. The number of likely N-dealkylation sites (N-methyl/N-ethyl adjacent to an activating group) is 1. The lowest BCUT2D eigenvalue weighted by atomic mass is 10.0. The average Bonchev–Trinajstić information content (AvgIpc) is 2.74. The second kappa shape index (κ2) is 5.20. The van der Waals surface area contributed by atoms with E-state index in [9.17, 15) is 9.90 Å². The van der Waals surface area contributed by atoms with Gasteiger partial charge in [-0.1, -0.05) is 18.2 Å². The molecule has 1 heterocycles. The first-order valence-corrected chi connectivity index (χ1v) is 5.75. The molecule has 2 rings (SSSR count). The van der Waals surface area contributed by atoms with Gasteiger partial charge >= 0.3 is 5.97 Å². The molecule has 0 bridgehead atoms. The van der Waals surface area contributed by atoms with Gasteiger partial charge in [-0.25, -0.2) is 0 Å². The van der Waals surface area contributed by atoms with Gasteiger partial charge in [-0.2, -0.15) is 0 Å². The minimum atomic E-state index is -0.921. The first-order chi connectivity index (χ1) is 8.65. The van der Waals surface area contributed by atoms with Crippen molar-refractivity contribution in [3.05, 3.63) is 36.0 Å². The van der Waals surface area contributed by atoms with Crippen LogP contribution >= 0.6 is 0 Å². The SMILES string of the molecule is CN(CCO)C(C(=O)O)c1c[nH]c2ccccc12. The summed E-state index contributed by atoms with van der Waals surface area (Å²) in [7, 11) is 1.69. The molecule has 0 aliphatic heterocycles. The van der Waals surface area contributed by atoms with Crippen molar-refractivity contribution in [1.82, 2.24) is 9.88 Å². The number of aromatic nitrogens is 1. The number of aromatic amines is 1. The van der Waals surface area contributed by atoms with E-state index in [1.54, 1.807) is 18.1 Å². The van der Waals surface area contributed by atoms with E-state index in [1.165, 1.54) is 0 Å². The zero-order valence-corrected chi connectivity index (χ0v) is 10.1. The third kappa shape index (κ3) is 2.23. The topological polar surface area (TPSA) is 76.6 Å². The van der Waals surface area contributed by atoms with Gasteiger partial charge in [0.15, 0.2) is 0 Å². The predicted octanol–water partition coefficient (Wildman–Crippen LogP) is 1.22. The van der Waals surface area contributed by atoms with Gasteiger partial charge in [0.2, 0.25) is 0 Å². The summed E-state index contributed by atoms with van der Waals surface area (Å²) >= 11 is 0. The molecule has 0 radical (unpaired) electrons. The maximum absolute atomic E-state index is 11.4. The van der Waals surface area contributed by atoms with Gasteiger partial charge in [0.25, 0.3) is 0 Å². The molecule has 5 nitrogen and oxygen atoms in total.